The van der Waals surface area contributed by atoms with E-state index in [4.69, 9.17) is 4.74 Å². The van der Waals surface area contributed by atoms with Gasteiger partial charge in [-0.25, -0.2) is 9.48 Å². The van der Waals surface area contributed by atoms with Crippen LogP contribution in [0.1, 0.15) is 12.8 Å². The van der Waals surface area contributed by atoms with Crippen molar-refractivity contribution in [3.05, 3.63) is 6.33 Å². The molecule has 19 heavy (non-hydrogen) atoms. The number of nitrogens with zero attached hydrogens (tertiary/aromatic N) is 4. The van der Waals surface area contributed by atoms with Crippen LogP contribution in [0.5, 0.6) is 0 Å². The molecule has 0 radical (unpaired) electrons. The molecule has 104 valence electrons. The van der Waals surface area contributed by atoms with Gasteiger partial charge in [0.2, 0.25) is 5.91 Å². The molecule has 0 spiro atoms. The number of nitrogens with one attached hydrogen (secondary N) is 1. The summed E-state index contributed by atoms with van der Waals surface area (Å²) < 4.78 is 6.48. The molecule has 2 rings (SSSR count). The predicted molar refractivity (Wildman–Crippen MR) is 60.9 cm³/mol. The fourth-order valence-corrected chi connectivity index (χ4v) is 2.03. The van der Waals surface area contributed by atoms with Gasteiger partial charge in [0, 0.05) is 12.5 Å². The highest BCUT2D eigenvalue weighted by molar-refractivity contribution is 5.83. The fourth-order valence-electron chi connectivity index (χ4n) is 2.03. The maximum atomic E-state index is 11.7. The average molecular weight is 269 g/mol. The van der Waals surface area contributed by atoms with Crippen molar-refractivity contribution in [3.63, 3.8) is 0 Å². The van der Waals surface area contributed by atoms with Crippen LogP contribution in [0.4, 0.5) is 0 Å². The number of ether oxygens (including phenoxy) is 1. The van der Waals surface area contributed by atoms with Crippen molar-refractivity contribution in [1.29, 1.82) is 0 Å². The van der Waals surface area contributed by atoms with Crippen LogP contribution >= 0.6 is 0 Å². The summed E-state index contributed by atoms with van der Waals surface area (Å²) in [6, 6.07) is -0.940. The maximum absolute atomic E-state index is 11.7. The van der Waals surface area contributed by atoms with E-state index >= 15 is 0 Å². The van der Waals surface area contributed by atoms with Crippen molar-refractivity contribution >= 4 is 11.9 Å². The number of hydrogen-bond donors (Lipinski definition) is 2. The minimum Gasteiger partial charge on any atom is -0.480 e. The van der Waals surface area contributed by atoms with Crippen molar-refractivity contribution in [2.75, 3.05) is 13.2 Å². The molecule has 1 fully saturated rings. The van der Waals surface area contributed by atoms with Gasteiger partial charge in [0.05, 0.1) is 6.61 Å². The van der Waals surface area contributed by atoms with Crippen LogP contribution in [0.15, 0.2) is 6.33 Å². The van der Waals surface area contributed by atoms with Crippen molar-refractivity contribution in [1.82, 2.24) is 25.5 Å². The Bertz CT molecular complexity index is 429. The number of amides is 1. The molecule has 9 heteroatoms. The highest BCUT2D eigenvalue weighted by Gasteiger charge is 2.31. The highest BCUT2D eigenvalue weighted by Crippen LogP contribution is 2.17. The monoisotopic (exact) mass is 269 g/mol. The lowest BCUT2D eigenvalue weighted by molar-refractivity contribution is -0.145. The van der Waals surface area contributed by atoms with Gasteiger partial charge in [0.1, 0.15) is 18.9 Å². The van der Waals surface area contributed by atoms with Crippen molar-refractivity contribution < 1.29 is 19.4 Å². The van der Waals surface area contributed by atoms with E-state index in [1.165, 1.54) is 11.0 Å². The lowest BCUT2D eigenvalue weighted by Crippen LogP contribution is -2.49. The topological polar surface area (TPSA) is 119 Å². The molecule has 1 aromatic rings. The number of tetrazole rings is 1. The molecule has 0 bridgehead atoms. The number of aliphatic carboxylic acids is 1. The van der Waals surface area contributed by atoms with E-state index in [9.17, 15) is 14.7 Å². The van der Waals surface area contributed by atoms with Gasteiger partial charge in [0.25, 0.3) is 0 Å². The summed E-state index contributed by atoms with van der Waals surface area (Å²) in [6.45, 7) is 0.883. The average Bonchev–Trinajstić information content (AvgIpc) is 2.89. The molecule has 0 aromatic carbocycles. The first-order valence-corrected chi connectivity index (χ1v) is 5.97. The molecular weight excluding hydrogens is 254 g/mol. The van der Waals surface area contributed by atoms with Gasteiger partial charge < -0.3 is 15.2 Å². The molecule has 2 heterocycles. The predicted octanol–water partition coefficient (Wildman–Crippen LogP) is -1.33. The number of carbonyl (C=O) groups excluding carboxylic acids is 1. The van der Waals surface area contributed by atoms with Gasteiger partial charge in [-0.1, -0.05) is 0 Å². The standard InChI is InChI=1S/C10H15N5O4/c16-8(4-15-6-11-13-14-15)12-9(10(17)18)7-2-1-3-19-5-7/h6-7,9H,1-5H2,(H,12,16)(H,17,18). The Hall–Kier alpha value is -2.03. The number of carboxylic acid groups (broad SMARTS) is 1. The van der Waals surface area contributed by atoms with E-state index in [0.29, 0.717) is 13.2 Å². The van der Waals surface area contributed by atoms with Crippen molar-refractivity contribution in [3.8, 4) is 0 Å². The van der Waals surface area contributed by atoms with Gasteiger partial charge in [0.15, 0.2) is 0 Å². The fraction of sp³-hybridized carbons (Fsp3) is 0.700. The number of aromatic nitrogens is 4. The van der Waals surface area contributed by atoms with Crippen molar-refractivity contribution in [2.45, 2.75) is 25.4 Å². The molecule has 0 aliphatic carbocycles. The first-order chi connectivity index (χ1) is 9.16. The highest BCUT2D eigenvalue weighted by atomic mass is 16.5. The molecule has 9 nitrogen and oxygen atoms in total. The molecule has 1 aliphatic rings. The van der Waals surface area contributed by atoms with E-state index in [1.807, 2.05) is 0 Å². The van der Waals surface area contributed by atoms with Crippen LogP contribution in [0.3, 0.4) is 0 Å². The summed E-state index contributed by atoms with van der Waals surface area (Å²) in [5.41, 5.74) is 0. The second-order valence-corrected chi connectivity index (χ2v) is 4.37. The first-order valence-electron chi connectivity index (χ1n) is 5.97. The summed E-state index contributed by atoms with van der Waals surface area (Å²) in [4.78, 5) is 23.0. The summed E-state index contributed by atoms with van der Waals surface area (Å²) in [7, 11) is 0. The number of rotatable bonds is 5. The van der Waals surface area contributed by atoms with Crippen LogP contribution < -0.4 is 5.32 Å². The zero-order valence-corrected chi connectivity index (χ0v) is 10.2. The Balaban J connectivity index is 1.92. The third kappa shape index (κ3) is 3.71. The Kier molecular flexibility index (Phi) is 4.39. The van der Waals surface area contributed by atoms with E-state index in [2.05, 4.69) is 20.8 Å². The normalized spacial score (nSPS) is 20.7. The van der Waals surface area contributed by atoms with Crippen LogP contribution in [-0.4, -0.2) is 56.4 Å². The second kappa shape index (κ2) is 6.23. The van der Waals surface area contributed by atoms with Gasteiger partial charge in [-0.05, 0) is 23.3 Å². The second-order valence-electron chi connectivity index (χ2n) is 4.37. The van der Waals surface area contributed by atoms with Crippen LogP contribution in [-0.2, 0) is 20.9 Å². The number of hydrogen-bond acceptors (Lipinski definition) is 6. The molecule has 1 aromatic heterocycles. The molecule has 1 amide bonds. The number of carbonyl (C=O) groups is 2. The summed E-state index contributed by atoms with van der Waals surface area (Å²) in [6.07, 6.45) is 2.82. The zero-order chi connectivity index (χ0) is 13.7. The van der Waals surface area contributed by atoms with Gasteiger partial charge >= 0.3 is 5.97 Å². The third-order valence-corrected chi connectivity index (χ3v) is 2.95. The Morgan fingerprint density at radius 3 is 3.00 bits per heavy atom. The van der Waals surface area contributed by atoms with Gasteiger partial charge in [-0.3, -0.25) is 4.79 Å². The Morgan fingerprint density at radius 1 is 1.58 bits per heavy atom. The molecular formula is C10H15N5O4. The zero-order valence-electron chi connectivity index (χ0n) is 10.2. The molecule has 2 unspecified atom stereocenters. The van der Waals surface area contributed by atoms with Gasteiger partial charge in [-0.2, -0.15) is 0 Å². The quantitative estimate of drug-likeness (QED) is 0.679. The van der Waals surface area contributed by atoms with Crippen LogP contribution in [0.25, 0.3) is 0 Å². The minimum atomic E-state index is -1.06. The molecule has 1 saturated heterocycles. The molecule has 2 N–H and O–H groups in total. The lowest BCUT2D eigenvalue weighted by Gasteiger charge is -2.28. The summed E-state index contributed by atoms with van der Waals surface area (Å²) >= 11 is 0. The van der Waals surface area contributed by atoms with E-state index in [0.717, 1.165) is 12.8 Å². The third-order valence-electron chi connectivity index (χ3n) is 2.95. The van der Waals surface area contributed by atoms with E-state index in [1.54, 1.807) is 0 Å². The maximum Gasteiger partial charge on any atom is 0.326 e. The van der Waals surface area contributed by atoms with Gasteiger partial charge in [-0.15, -0.1) is 5.10 Å². The largest absolute Gasteiger partial charge is 0.480 e. The Labute approximate surface area is 108 Å². The smallest absolute Gasteiger partial charge is 0.326 e. The van der Waals surface area contributed by atoms with Crippen LogP contribution in [0.2, 0.25) is 0 Å². The van der Waals surface area contributed by atoms with Crippen LogP contribution in [0, 0.1) is 5.92 Å². The summed E-state index contributed by atoms with van der Waals surface area (Å²) in [5, 5.41) is 22.0. The van der Waals surface area contributed by atoms with E-state index < -0.39 is 17.9 Å². The SMILES string of the molecule is O=C(Cn1cnnn1)NC(C(=O)O)C1CCCOC1. The molecule has 0 saturated carbocycles. The van der Waals surface area contributed by atoms with Crippen molar-refractivity contribution in [2.24, 2.45) is 5.92 Å². The first kappa shape index (κ1) is 13.4. The molecule has 2 atom stereocenters. The molecule has 1 aliphatic heterocycles. The lowest BCUT2D eigenvalue weighted by atomic mass is 9.93. The number of carboxylic acids is 1. The minimum absolute atomic E-state index is 0.107. The Morgan fingerprint density at radius 2 is 2.42 bits per heavy atom. The van der Waals surface area contributed by atoms with E-state index in [-0.39, 0.29) is 12.5 Å². The summed E-state index contributed by atoms with van der Waals surface area (Å²) in [5.74, 6) is -1.70.